The number of hydrogen-bond acceptors (Lipinski definition) is 5. The van der Waals surface area contributed by atoms with Gasteiger partial charge in [0.2, 0.25) is 10.0 Å². The lowest BCUT2D eigenvalue weighted by Crippen LogP contribution is -2.39. The van der Waals surface area contributed by atoms with Gasteiger partial charge in [0.1, 0.15) is 12.2 Å². The highest BCUT2D eigenvalue weighted by Crippen LogP contribution is 2.25. The van der Waals surface area contributed by atoms with E-state index in [0.717, 1.165) is 18.7 Å². The standard InChI is InChI=1S/C15H29N7O2S.HI/c1-4-16-15(21(2)11-14-18-12-19-22(14)3)17-8-9-25(23,24)20-10-13-6-5-7-13;/h12-13,20H,4-11H2,1-3H3,(H,16,17);1H. The topological polar surface area (TPSA) is 105 Å². The molecule has 2 N–H and O–H groups in total. The average Bonchev–Trinajstić information content (AvgIpc) is 2.89. The second kappa shape index (κ2) is 11.0. The van der Waals surface area contributed by atoms with Crippen LogP contribution in [-0.2, 0) is 23.6 Å². The van der Waals surface area contributed by atoms with Gasteiger partial charge in [0.25, 0.3) is 0 Å². The number of nitrogens with one attached hydrogen (secondary N) is 2. The molecular formula is C15H30IN7O2S. The summed E-state index contributed by atoms with van der Waals surface area (Å²) in [5, 5.41) is 7.22. The molecule has 1 aliphatic rings. The molecule has 0 saturated heterocycles. The Morgan fingerprint density at radius 2 is 2.19 bits per heavy atom. The lowest BCUT2D eigenvalue weighted by Gasteiger charge is -2.25. The van der Waals surface area contributed by atoms with Crippen molar-refractivity contribution in [3.8, 4) is 0 Å². The van der Waals surface area contributed by atoms with Gasteiger partial charge in [0, 0.05) is 27.2 Å². The Kier molecular flexibility index (Phi) is 9.79. The fourth-order valence-corrected chi connectivity index (χ4v) is 3.47. The Balaban J connectivity index is 0.00000338. The maximum absolute atomic E-state index is 12.0. The maximum Gasteiger partial charge on any atom is 0.213 e. The minimum absolute atomic E-state index is 0. The molecule has 1 saturated carbocycles. The van der Waals surface area contributed by atoms with E-state index in [9.17, 15) is 8.42 Å². The van der Waals surface area contributed by atoms with Crippen LogP contribution in [0.15, 0.2) is 11.3 Å². The summed E-state index contributed by atoms with van der Waals surface area (Å²) in [4.78, 5) is 10.5. The van der Waals surface area contributed by atoms with E-state index >= 15 is 0 Å². The summed E-state index contributed by atoms with van der Waals surface area (Å²) < 4.78 is 28.5. The third-order valence-electron chi connectivity index (χ3n) is 4.32. The number of hydrogen-bond donors (Lipinski definition) is 2. The van der Waals surface area contributed by atoms with Crippen LogP contribution in [0.1, 0.15) is 32.0 Å². The molecule has 0 amide bonds. The first-order valence-corrected chi connectivity index (χ1v) is 10.4. The maximum atomic E-state index is 12.0. The highest BCUT2D eigenvalue weighted by molar-refractivity contribution is 14.0. The number of rotatable bonds is 9. The van der Waals surface area contributed by atoms with Crippen molar-refractivity contribution in [2.24, 2.45) is 18.0 Å². The van der Waals surface area contributed by atoms with Crippen LogP contribution in [0.2, 0.25) is 0 Å². The van der Waals surface area contributed by atoms with Crippen LogP contribution in [0, 0.1) is 5.92 Å². The van der Waals surface area contributed by atoms with Crippen molar-refractivity contribution in [2.75, 3.05) is 32.4 Å². The van der Waals surface area contributed by atoms with E-state index < -0.39 is 10.0 Å². The third-order valence-corrected chi connectivity index (χ3v) is 5.64. The van der Waals surface area contributed by atoms with Crippen LogP contribution < -0.4 is 10.0 Å². The molecule has 0 aliphatic heterocycles. The molecule has 0 spiro atoms. The number of sulfonamides is 1. The molecule has 1 aromatic rings. The van der Waals surface area contributed by atoms with E-state index in [4.69, 9.17) is 0 Å². The van der Waals surface area contributed by atoms with Gasteiger partial charge < -0.3 is 10.2 Å². The van der Waals surface area contributed by atoms with Gasteiger partial charge in [-0.15, -0.1) is 24.0 Å². The van der Waals surface area contributed by atoms with Crippen LogP contribution in [0.5, 0.6) is 0 Å². The largest absolute Gasteiger partial charge is 0.357 e. The summed E-state index contributed by atoms with van der Waals surface area (Å²) in [6.07, 6.45) is 4.96. The summed E-state index contributed by atoms with van der Waals surface area (Å²) in [5.41, 5.74) is 0. The molecule has 0 unspecified atom stereocenters. The van der Waals surface area contributed by atoms with E-state index in [-0.39, 0.29) is 36.3 Å². The van der Waals surface area contributed by atoms with Crippen LogP contribution >= 0.6 is 24.0 Å². The number of aromatic nitrogens is 3. The molecule has 1 aliphatic carbocycles. The normalized spacial score (nSPS) is 15.3. The van der Waals surface area contributed by atoms with E-state index in [2.05, 4.69) is 25.1 Å². The zero-order valence-electron chi connectivity index (χ0n) is 15.7. The minimum Gasteiger partial charge on any atom is -0.357 e. The smallest absolute Gasteiger partial charge is 0.213 e. The Morgan fingerprint density at radius 3 is 2.73 bits per heavy atom. The Bertz CT molecular complexity index is 673. The molecule has 9 nitrogen and oxygen atoms in total. The zero-order chi connectivity index (χ0) is 18.3. The van der Waals surface area contributed by atoms with Crippen molar-refractivity contribution in [3.63, 3.8) is 0 Å². The van der Waals surface area contributed by atoms with E-state index in [1.807, 2.05) is 25.9 Å². The molecule has 11 heteroatoms. The van der Waals surface area contributed by atoms with Crippen molar-refractivity contribution in [1.29, 1.82) is 0 Å². The highest BCUT2D eigenvalue weighted by atomic mass is 127. The number of aryl methyl sites for hydroxylation is 1. The summed E-state index contributed by atoms with van der Waals surface area (Å²) in [5.74, 6) is 1.96. The Labute approximate surface area is 173 Å². The van der Waals surface area contributed by atoms with Gasteiger partial charge in [-0.05, 0) is 25.7 Å². The van der Waals surface area contributed by atoms with Crippen LogP contribution in [0.3, 0.4) is 0 Å². The van der Waals surface area contributed by atoms with Crippen molar-refractivity contribution < 1.29 is 8.42 Å². The van der Waals surface area contributed by atoms with Gasteiger partial charge in [0.05, 0.1) is 18.8 Å². The van der Waals surface area contributed by atoms with E-state index in [0.29, 0.717) is 31.5 Å². The van der Waals surface area contributed by atoms with Gasteiger partial charge in [-0.2, -0.15) is 5.10 Å². The lowest BCUT2D eigenvalue weighted by atomic mass is 9.86. The van der Waals surface area contributed by atoms with Gasteiger partial charge in [-0.3, -0.25) is 9.67 Å². The molecule has 2 rings (SSSR count). The summed E-state index contributed by atoms with van der Waals surface area (Å²) >= 11 is 0. The van der Waals surface area contributed by atoms with Gasteiger partial charge in [-0.25, -0.2) is 18.1 Å². The van der Waals surface area contributed by atoms with Crippen molar-refractivity contribution in [3.05, 3.63) is 12.2 Å². The molecular weight excluding hydrogens is 469 g/mol. The number of nitrogens with zero attached hydrogens (tertiary/aromatic N) is 5. The molecule has 1 heterocycles. The van der Waals surface area contributed by atoms with Gasteiger partial charge in [0.15, 0.2) is 5.96 Å². The fourth-order valence-electron chi connectivity index (χ4n) is 2.51. The van der Waals surface area contributed by atoms with Crippen LogP contribution in [-0.4, -0.2) is 66.5 Å². The summed E-state index contributed by atoms with van der Waals surface area (Å²) in [6.45, 7) is 3.98. The third kappa shape index (κ3) is 7.35. The predicted octanol–water partition coefficient (Wildman–Crippen LogP) is 0.550. The second-order valence-electron chi connectivity index (χ2n) is 6.36. The van der Waals surface area contributed by atoms with E-state index in [1.165, 1.54) is 12.7 Å². The minimum atomic E-state index is -3.28. The number of halogens is 1. The lowest BCUT2D eigenvalue weighted by molar-refractivity contribution is 0.316. The first-order chi connectivity index (χ1) is 11.9. The fraction of sp³-hybridized carbons (Fsp3) is 0.800. The van der Waals surface area contributed by atoms with Crippen molar-refractivity contribution in [2.45, 2.75) is 32.7 Å². The number of aliphatic imine (C=N–C) groups is 1. The quantitative estimate of drug-likeness (QED) is 0.292. The molecule has 0 bridgehead atoms. The average molecular weight is 499 g/mol. The molecule has 26 heavy (non-hydrogen) atoms. The molecule has 1 aromatic heterocycles. The van der Waals surface area contributed by atoms with Gasteiger partial charge in [-0.1, -0.05) is 6.42 Å². The van der Waals surface area contributed by atoms with E-state index in [1.54, 1.807) is 4.68 Å². The SMILES string of the molecule is CCNC(=NCCS(=O)(=O)NCC1CCC1)N(C)Cc1ncnn1C.I. The molecule has 1 fully saturated rings. The molecule has 0 aromatic carbocycles. The van der Waals surface area contributed by atoms with Crippen LogP contribution in [0.25, 0.3) is 0 Å². The summed E-state index contributed by atoms with van der Waals surface area (Å²) in [7, 11) is 0.447. The molecule has 0 radical (unpaired) electrons. The van der Waals surface area contributed by atoms with Gasteiger partial charge >= 0.3 is 0 Å². The second-order valence-corrected chi connectivity index (χ2v) is 8.28. The first kappa shape index (κ1) is 23.1. The summed E-state index contributed by atoms with van der Waals surface area (Å²) in [6, 6.07) is 0. The van der Waals surface area contributed by atoms with Crippen LogP contribution in [0.4, 0.5) is 0 Å². The van der Waals surface area contributed by atoms with Crippen molar-refractivity contribution in [1.82, 2.24) is 29.7 Å². The molecule has 0 atom stereocenters. The monoisotopic (exact) mass is 499 g/mol. The predicted molar refractivity (Wildman–Crippen MR) is 113 cm³/mol. The molecule has 150 valence electrons. The first-order valence-electron chi connectivity index (χ1n) is 8.71. The number of guanidine groups is 1. The van der Waals surface area contributed by atoms with Crippen molar-refractivity contribution >= 4 is 40.0 Å². The Morgan fingerprint density at radius 1 is 1.46 bits per heavy atom. The zero-order valence-corrected chi connectivity index (χ0v) is 18.8. The Hall–Kier alpha value is -0.950. The highest BCUT2D eigenvalue weighted by Gasteiger charge is 2.20.